The van der Waals surface area contributed by atoms with E-state index in [9.17, 15) is 35.9 Å². The molecule has 14 heteroatoms. The molecule has 2 aromatic carbocycles. The first kappa shape index (κ1) is 39.7. The Labute approximate surface area is 294 Å². The van der Waals surface area contributed by atoms with E-state index in [4.69, 9.17) is 9.47 Å². The van der Waals surface area contributed by atoms with E-state index in [1.54, 1.807) is 52.5 Å². The Hall–Kier alpha value is -2.74. The zero-order valence-corrected chi connectivity index (χ0v) is 30.8. The number of nitrogens with zero attached hydrogens (tertiary/aromatic N) is 2. The van der Waals surface area contributed by atoms with Crippen LogP contribution in [0.4, 0.5) is 35.9 Å². The lowest BCUT2D eigenvalue weighted by Gasteiger charge is -2.34. The molecule has 2 heterocycles. The van der Waals surface area contributed by atoms with Crippen molar-refractivity contribution in [3.05, 3.63) is 73.7 Å². The third kappa shape index (κ3) is 11.7. The largest absolute Gasteiger partial charge is 0.444 e. The van der Waals surface area contributed by atoms with Crippen molar-refractivity contribution in [2.24, 2.45) is 0 Å². The van der Waals surface area contributed by atoms with Crippen LogP contribution in [0.1, 0.15) is 89.0 Å². The van der Waals surface area contributed by atoms with E-state index in [2.05, 4.69) is 31.9 Å². The van der Waals surface area contributed by atoms with Crippen LogP contribution in [0.2, 0.25) is 0 Å². The molecule has 266 valence electrons. The fourth-order valence-corrected chi connectivity index (χ4v) is 6.16. The Balaban J connectivity index is 0.000000260. The van der Waals surface area contributed by atoms with Crippen molar-refractivity contribution in [3.8, 4) is 0 Å². The SMILES string of the molecule is CC(C)(C)OC(=O)N1CC=C(c2cc(C(F)(F)F)ccc2Br)CC1.CC(C)(C)OC(=O)N1CCC(c2cc(C(F)(F)F)ccc2Br)CC1. The molecule has 0 aromatic heterocycles. The molecule has 0 N–H and O–H groups in total. The molecule has 2 amide bonds. The van der Waals surface area contributed by atoms with Crippen molar-refractivity contribution in [1.29, 1.82) is 0 Å². The monoisotopic (exact) mass is 812 g/mol. The molecule has 0 radical (unpaired) electrons. The van der Waals surface area contributed by atoms with Gasteiger partial charge in [-0.3, -0.25) is 0 Å². The Morgan fingerprint density at radius 1 is 0.708 bits per heavy atom. The van der Waals surface area contributed by atoms with E-state index in [1.165, 1.54) is 23.1 Å². The summed E-state index contributed by atoms with van der Waals surface area (Å²) < 4.78 is 89.3. The molecule has 4 rings (SSSR count). The topological polar surface area (TPSA) is 59.1 Å². The standard InChI is InChI=1S/C17H21BrF3NO2.C17H19BrF3NO2/c2*1-16(2,3)24-15(23)22-8-6-11(7-9-22)13-10-12(17(19,20)21)4-5-14(13)18/h4-5,10-11H,6-9H2,1-3H3;4-6,10H,7-9H2,1-3H3. The highest BCUT2D eigenvalue weighted by atomic mass is 79.9. The number of hydrogen-bond acceptors (Lipinski definition) is 4. The van der Waals surface area contributed by atoms with Crippen LogP contribution in [-0.4, -0.2) is 59.4 Å². The van der Waals surface area contributed by atoms with Crippen LogP contribution in [-0.2, 0) is 21.8 Å². The van der Waals surface area contributed by atoms with E-state index in [0.29, 0.717) is 65.5 Å². The van der Waals surface area contributed by atoms with Gasteiger partial charge in [-0.05, 0) is 120 Å². The number of amides is 2. The number of halogens is 8. The summed E-state index contributed by atoms with van der Waals surface area (Å²) in [5.74, 6) is -0.0136. The number of ether oxygens (including phenoxy) is 2. The molecule has 0 atom stereocenters. The van der Waals surface area contributed by atoms with E-state index in [0.717, 1.165) is 23.8 Å². The molecule has 0 bridgehead atoms. The van der Waals surface area contributed by atoms with Gasteiger partial charge in [0.15, 0.2) is 0 Å². The van der Waals surface area contributed by atoms with Gasteiger partial charge in [0.2, 0.25) is 0 Å². The fraction of sp³-hybridized carbons (Fsp3) is 0.529. The Morgan fingerprint density at radius 2 is 1.19 bits per heavy atom. The van der Waals surface area contributed by atoms with Gasteiger partial charge in [-0.15, -0.1) is 0 Å². The van der Waals surface area contributed by atoms with E-state index < -0.39 is 40.8 Å². The van der Waals surface area contributed by atoms with E-state index in [1.807, 2.05) is 0 Å². The highest BCUT2D eigenvalue weighted by Gasteiger charge is 2.34. The maximum atomic E-state index is 12.9. The van der Waals surface area contributed by atoms with E-state index in [-0.39, 0.29) is 12.0 Å². The van der Waals surface area contributed by atoms with Gasteiger partial charge >= 0.3 is 24.5 Å². The van der Waals surface area contributed by atoms with Crippen LogP contribution in [0.5, 0.6) is 0 Å². The normalized spacial score (nSPS) is 16.5. The molecular formula is C34H40Br2F6N2O4. The first-order chi connectivity index (χ1) is 21.9. The summed E-state index contributed by atoms with van der Waals surface area (Å²) in [7, 11) is 0. The van der Waals surface area contributed by atoms with Crippen molar-refractivity contribution >= 4 is 49.6 Å². The lowest BCUT2D eigenvalue weighted by Crippen LogP contribution is -2.41. The summed E-state index contributed by atoms with van der Waals surface area (Å²) in [5, 5.41) is 0. The zero-order valence-electron chi connectivity index (χ0n) is 27.6. The van der Waals surface area contributed by atoms with Crippen molar-refractivity contribution in [1.82, 2.24) is 9.80 Å². The molecule has 2 aliphatic rings. The van der Waals surface area contributed by atoms with Crippen LogP contribution in [0.25, 0.3) is 5.57 Å². The van der Waals surface area contributed by atoms with E-state index >= 15 is 0 Å². The highest BCUT2D eigenvalue weighted by molar-refractivity contribution is 9.10. The van der Waals surface area contributed by atoms with Crippen LogP contribution < -0.4 is 0 Å². The molecule has 1 fully saturated rings. The molecule has 0 aliphatic carbocycles. The van der Waals surface area contributed by atoms with Gasteiger partial charge < -0.3 is 19.3 Å². The fourth-order valence-electron chi connectivity index (χ4n) is 5.09. The number of carbonyl (C=O) groups excluding carboxylic acids is 2. The Bertz CT molecular complexity index is 1490. The first-order valence-corrected chi connectivity index (χ1v) is 16.9. The summed E-state index contributed by atoms with van der Waals surface area (Å²) in [6.45, 7) is 12.4. The second kappa shape index (κ2) is 15.4. The van der Waals surface area contributed by atoms with Crippen LogP contribution in [0, 0.1) is 0 Å². The molecule has 2 aromatic rings. The third-order valence-corrected chi connectivity index (χ3v) is 8.82. The maximum Gasteiger partial charge on any atom is 0.416 e. The molecular weight excluding hydrogens is 774 g/mol. The predicted molar refractivity (Wildman–Crippen MR) is 178 cm³/mol. The highest BCUT2D eigenvalue weighted by Crippen LogP contribution is 2.39. The second-order valence-electron chi connectivity index (χ2n) is 13.6. The van der Waals surface area contributed by atoms with Gasteiger partial charge in [-0.1, -0.05) is 37.9 Å². The minimum absolute atomic E-state index is 0.0136. The number of alkyl halides is 6. The Morgan fingerprint density at radius 3 is 1.65 bits per heavy atom. The average molecular weight is 814 g/mol. The minimum Gasteiger partial charge on any atom is -0.444 e. The van der Waals surface area contributed by atoms with Crippen molar-refractivity contribution in [3.63, 3.8) is 0 Å². The summed E-state index contributed by atoms with van der Waals surface area (Å²) in [5.41, 5.74) is -0.523. The number of likely N-dealkylation sites (tertiary alicyclic amines) is 1. The van der Waals surface area contributed by atoms with Gasteiger partial charge in [0.25, 0.3) is 0 Å². The number of benzene rings is 2. The second-order valence-corrected chi connectivity index (χ2v) is 15.3. The molecule has 6 nitrogen and oxygen atoms in total. The quantitative estimate of drug-likeness (QED) is 0.283. The lowest BCUT2D eigenvalue weighted by atomic mass is 9.88. The summed E-state index contributed by atoms with van der Waals surface area (Å²) in [6, 6.07) is 7.31. The smallest absolute Gasteiger partial charge is 0.416 e. The molecule has 2 aliphatic heterocycles. The van der Waals surface area contributed by atoms with Crippen LogP contribution >= 0.6 is 31.9 Å². The molecule has 0 spiro atoms. The number of piperidine rings is 1. The lowest BCUT2D eigenvalue weighted by molar-refractivity contribution is -0.138. The third-order valence-electron chi connectivity index (χ3n) is 7.41. The van der Waals surface area contributed by atoms with Gasteiger partial charge in [0, 0.05) is 35.1 Å². The van der Waals surface area contributed by atoms with Crippen LogP contribution in [0.3, 0.4) is 0 Å². The Kier molecular flexibility index (Phi) is 12.8. The van der Waals surface area contributed by atoms with Crippen molar-refractivity contribution in [2.45, 2.75) is 90.3 Å². The van der Waals surface area contributed by atoms with Gasteiger partial charge in [0.1, 0.15) is 11.2 Å². The predicted octanol–water partition coefficient (Wildman–Crippen LogP) is 11.1. The minimum atomic E-state index is -4.38. The number of carbonyl (C=O) groups is 2. The summed E-state index contributed by atoms with van der Waals surface area (Å²) in [4.78, 5) is 27.2. The maximum absolute atomic E-state index is 12.9. The number of hydrogen-bond donors (Lipinski definition) is 0. The van der Waals surface area contributed by atoms with Crippen molar-refractivity contribution in [2.75, 3.05) is 26.2 Å². The molecule has 48 heavy (non-hydrogen) atoms. The summed E-state index contributed by atoms with van der Waals surface area (Å²) in [6.07, 6.45) is -6.06. The molecule has 1 saturated heterocycles. The van der Waals surface area contributed by atoms with Gasteiger partial charge in [0.05, 0.1) is 11.1 Å². The van der Waals surface area contributed by atoms with Crippen LogP contribution in [0.15, 0.2) is 51.4 Å². The average Bonchev–Trinajstić information content (AvgIpc) is 2.95. The van der Waals surface area contributed by atoms with Gasteiger partial charge in [-0.25, -0.2) is 9.59 Å². The zero-order chi connectivity index (χ0) is 36.2. The number of rotatable bonds is 2. The first-order valence-electron chi connectivity index (χ1n) is 15.3. The van der Waals surface area contributed by atoms with Crippen molar-refractivity contribution < 1.29 is 45.4 Å². The molecule has 0 saturated carbocycles. The summed E-state index contributed by atoms with van der Waals surface area (Å²) >= 11 is 6.65. The molecule has 0 unspecified atom stereocenters. The van der Waals surface area contributed by atoms with Gasteiger partial charge in [-0.2, -0.15) is 26.3 Å².